The van der Waals surface area contributed by atoms with Crippen molar-refractivity contribution in [2.24, 2.45) is 11.7 Å². The highest BCUT2D eigenvalue weighted by Crippen LogP contribution is 2.25. The topological polar surface area (TPSA) is 77.3 Å². The number of carbonyl (C=O) groups excluding carboxylic acids is 1. The Morgan fingerprint density at radius 1 is 1.19 bits per heavy atom. The summed E-state index contributed by atoms with van der Waals surface area (Å²) in [5.74, 6) is 1.12. The molecular formula is C21H24N4O2. The highest BCUT2D eigenvalue weighted by atomic mass is 16.3. The van der Waals surface area contributed by atoms with E-state index >= 15 is 0 Å². The number of aromatic nitrogens is 2. The van der Waals surface area contributed by atoms with Crippen molar-refractivity contribution in [3.05, 3.63) is 60.5 Å². The average Bonchev–Trinajstić information content (AvgIpc) is 3.38. The van der Waals surface area contributed by atoms with Crippen molar-refractivity contribution in [3.8, 4) is 17.1 Å². The number of para-hydroxylation sites is 1. The van der Waals surface area contributed by atoms with E-state index in [4.69, 9.17) is 10.2 Å². The quantitative estimate of drug-likeness (QED) is 0.770. The summed E-state index contributed by atoms with van der Waals surface area (Å²) in [6, 6.07) is 15.3. The molecule has 3 heterocycles. The first-order valence-corrected chi connectivity index (χ1v) is 9.37. The van der Waals surface area contributed by atoms with Gasteiger partial charge in [-0.1, -0.05) is 18.2 Å². The van der Waals surface area contributed by atoms with E-state index in [1.807, 2.05) is 60.4 Å². The molecule has 140 valence electrons. The predicted molar refractivity (Wildman–Crippen MR) is 104 cm³/mol. The third-order valence-electron chi connectivity index (χ3n) is 5.27. The van der Waals surface area contributed by atoms with E-state index in [2.05, 4.69) is 5.10 Å². The molecule has 0 aliphatic carbocycles. The molecule has 6 nitrogen and oxygen atoms in total. The molecule has 1 fully saturated rings. The summed E-state index contributed by atoms with van der Waals surface area (Å²) >= 11 is 0. The van der Waals surface area contributed by atoms with E-state index < -0.39 is 0 Å². The molecule has 6 heteroatoms. The zero-order valence-corrected chi connectivity index (χ0v) is 15.4. The molecule has 27 heavy (non-hydrogen) atoms. The van der Waals surface area contributed by atoms with Gasteiger partial charge in [0.2, 0.25) is 0 Å². The van der Waals surface area contributed by atoms with Crippen LogP contribution < -0.4 is 5.73 Å². The Labute approximate surface area is 158 Å². The van der Waals surface area contributed by atoms with E-state index in [0.29, 0.717) is 23.1 Å². The van der Waals surface area contributed by atoms with Crippen LogP contribution in [0, 0.1) is 5.92 Å². The molecule has 0 spiro atoms. The average molecular weight is 364 g/mol. The molecule has 4 rings (SSSR count). The SMILES string of the molecule is CC(N)C1CCN(C(=O)c2cc(-c3ccco3)nn2-c2ccccc2)CC1. The maximum Gasteiger partial charge on any atom is 0.272 e. The van der Waals surface area contributed by atoms with Crippen LogP contribution in [0.2, 0.25) is 0 Å². The number of rotatable bonds is 4. The molecule has 1 atom stereocenters. The lowest BCUT2D eigenvalue weighted by molar-refractivity contribution is 0.0672. The van der Waals surface area contributed by atoms with Crippen LogP contribution in [-0.4, -0.2) is 39.7 Å². The molecule has 1 aliphatic heterocycles. The Morgan fingerprint density at radius 2 is 1.93 bits per heavy atom. The van der Waals surface area contributed by atoms with E-state index in [1.165, 1.54) is 0 Å². The minimum absolute atomic E-state index is 0.00714. The van der Waals surface area contributed by atoms with Crippen LogP contribution in [0.1, 0.15) is 30.3 Å². The lowest BCUT2D eigenvalue weighted by atomic mass is 9.91. The fourth-order valence-electron chi connectivity index (χ4n) is 3.63. The van der Waals surface area contributed by atoms with Gasteiger partial charge < -0.3 is 15.1 Å². The maximum absolute atomic E-state index is 13.3. The second-order valence-electron chi connectivity index (χ2n) is 7.13. The number of piperidine rings is 1. The first-order chi connectivity index (χ1) is 13.1. The largest absolute Gasteiger partial charge is 0.463 e. The van der Waals surface area contributed by atoms with Crippen molar-refractivity contribution in [1.29, 1.82) is 0 Å². The molecule has 1 aromatic carbocycles. The summed E-state index contributed by atoms with van der Waals surface area (Å²) in [5.41, 5.74) is 8.08. The van der Waals surface area contributed by atoms with Crippen LogP contribution in [0.15, 0.2) is 59.2 Å². The third kappa shape index (κ3) is 3.53. The van der Waals surface area contributed by atoms with Gasteiger partial charge in [0.15, 0.2) is 5.76 Å². The Balaban J connectivity index is 1.66. The van der Waals surface area contributed by atoms with Gasteiger partial charge in [0.1, 0.15) is 11.4 Å². The molecular weight excluding hydrogens is 340 g/mol. The number of benzene rings is 1. The van der Waals surface area contributed by atoms with E-state index in [0.717, 1.165) is 31.6 Å². The van der Waals surface area contributed by atoms with E-state index in [9.17, 15) is 4.79 Å². The van der Waals surface area contributed by atoms with Gasteiger partial charge in [-0.15, -0.1) is 0 Å². The Kier molecular flexibility index (Phi) is 4.81. The summed E-state index contributed by atoms with van der Waals surface area (Å²) in [7, 11) is 0. The minimum Gasteiger partial charge on any atom is -0.463 e. The fourth-order valence-corrected chi connectivity index (χ4v) is 3.63. The maximum atomic E-state index is 13.3. The van der Waals surface area contributed by atoms with Crippen molar-refractivity contribution in [1.82, 2.24) is 14.7 Å². The Bertz CT molecular complexity index is 892. The van der Waals surface area contributed by atoms with Gasteiger partial charge in [0.05, 0.1) is 12.0 Å². The summed E-state index contributed by atoms with van der Waals surface area (Å²) in [6.07, 6.45) is 3.49. The summed E-state index contributed by atoms with van der Waals surface area (Å²) in [6.45, 7) is 3.49. The van der Waals surface area contributed by atoms with Crippen LogP contribution in [0.4, 0.5) is 0 Å². The summed E-state index contributed by atoms with van der Waals surface area (Å²) < 4.78 is 7.18. The number of likely N-dealkylation sites (tertiary alicyclic amines) is 1. The second kappa shape index (κ2) is 7.40. The van der Waals surface area contributed by atoms with Gasteiger partial charge in [0.25, 0.3) is 5.91 Å². The normalized spacial score (nSPS) is 16.4. The number of furan rings is 1. The van der Waals surface area contributed by atoms with E-state index in [-0.39, 0.29) is 11.9 Å². The standard InChI is InChI=1S/C21H24N4O2/c1-15(22)16-9-11-24(12-10-16)21(26)19-14-18(20-8-5-13-27-20)23-25(19)17-6-3-2-4-7-17/h2-8,13-16H,9-12,22H2,1H3. The van der Waals surface area contributed by atoms with Crippen LogP contribution in [0.3, 0.4) is 0 Å². The van der Waals surface area contributed by atoms with Crippen LogP contribution >= 0.6 is 0 Å². The molecule has 1 aliphatic rings. The molecule has 1 amide bonds. The van der Waals surface area contributed by atoms with Gasteiger partial charge in [-0.2, -0.15) is 5.10 Å². The van der Waals surface area contributed by atoms with Crippen LogP contribution in [0.25, 0.3) is 17.1 Å². The van der Waals surface area contributed by atoms with Crippen molar-refractivity contribution >= 4 is 5.91 Å². The number of hydrogen-bond acceptors (Lipinski definition) is 4. The Hall–Kier alpha value is -2.86. The second-order valence-corrected chi connectivity index (χ2v) is 7.13. The molecule has 0 bridgehead atoms. The van der Waals surface area contributed by atoms with Gasteiger partial charge in [0, 0.05) is 25.2 Å². The number of nitrogens with zero attached hydrogens (tertiary/aromatic N) is 3. The smallest absolute Gasteiger partial charge is 0.272 e. The molecule has 2 aromatic heterocycles. The third-order valence-corrected chi connectivity index (χ3v) is 5.27. The minimum atomic E-state index is -0.00714. The predicted octanol–water partition coefficient (Wildman–Crippen LogP) is 3.33. The molecule has 2 N–H and O–H groups in total. The summed E-state index contributed by atoms with van der Waals surface area (Å²) in [5, 5.41) is 4.64. The van der Waals surface area contributed by atoms with Crippen molar-refractivity contribution in [3.63, 3.8) is 0 Å². The fraction of sp³-hybridized carbons (Fsp3) is 0.333. The first-order valence-electron chi connectivity index (χ1n) is 9.37. The lowest BCUT2D eigenvalue weighted by Gasteiger charge is -2.33. The van der Waals surface area contributed by atoms with Gasteiger partial charge in [-0.05, 0) is 49.9 Å². The van der Waals surface area contributed by atoms with Gasteiger partial charge in [-0.25, -0.2) is 4.68 Å². The monoisotopic (exact) mass is 364 g/mol. The number of amides is 1. The van der Waals surface area contributed by atoms with Crippen LogP contribution in [-0.2, 0) is 0 Å². The molecule has 3 aromatic rings. The highest BCUT2D eigenvalue weighted by molar-refractivity contribution is 5.94. The van der Waals surface area contributed by atoms with Crippen molar-refractivity contribution < 1.29 is 9.21 Å². The first kappa shape index (κ1) is 17.5. The van der Waals surface area contributed by atoms with Crippen LogP contribution in [0.5, 0.6) is 0 Å². The van der Waals surface area contributed by atoms with E-state index in [1.54, 1.807) is 10.9 Å². The molecule has 0 radical (unpaired) electrons. The summed E-state index contributed by atoms with van der Waals surface area (Å²) in [4.78, 5) is 15.2. The van der Waals surface area contributed by atoms with Gasteiger partial charge >= 0.3 is 0 Å². The number of nitrogens with two attached hydrogens (primary N) is 1. The number of carbonyl (C=O) groups is 1. The molecule has 1 saturated heterocycles. The van der Waals surface area contributed by atoms with Crippen molar-refractivity contribution in [2.45, 2.75) is 25.8 Å². The Morgan fingerprint density at radius 3 is 2.56 bits per heavy atom. The number of hydrogen-bond donors (Lipinski definition) is 1. The molecule has 0 saturated carbocycles. The molecule has 1 unspecified atom stereocenters. The highest BCUT2D eigenvalue weighted by Gasteiger charge is 2.28. The lowest BCUT2D eigenvalue weighted by Crippen LogP contribution is -2.43. The zero-order valence-electron chi connectivity index (χ0n) is 15.4. The van der Waals surface area contributed by atoms with Gasteiger partial charge in [-0.3, -0.25) is 4.79 Å². The zero-order chi connectivity index (χ0) is 18.8. The van der Waals surface area contributed by atoms with Crippen molar-refractivity contribution in [2.75, 3.05) is 13.1 Å².